The number of H-pyrrole nitrogens is 1. The highest BCUT2D eigenvalue weighted by Gasteiger charge is 2.20. The molecule has 0 aliphatic carbocycles. The van der Waals surface area contributed by atoms with Gasteiger partial charge in [-0.1, -0.05) is 17.7 Å². The van der Waals surface area contributed by atoms with Crippen molar-refractivity contribution in [2.75, 3.05) is 12.4 Å². The zero-order chi connectivity index (χ0) is 23.0. The Bertz CT molecular complexity index is 1370. The average Bonchev–Trinajstić information content (AvgIpc) is 3.26. The van der Waals surface area contributed by atoms with Crippen molar-refractivity contribution in [3.8, 4) is 0 Å². The summed E-state index contributed by atoms with van der Waals surface area (Å²) < 4.78 is 0. The molecule has 32 heavy (non-hydrogen) atoms. The van der Waals surface area contributed by atoms with Crippen molar-refractivity contribution in [1.82, 2.24) is 19.9 Å². The van der Waals surface area contributed by atoms with Crippen molar-refractivity contribution in [2.24, 2.45) is 0 Å². The van der Waals surface area contributed by atoms with E-state index < -0.39 is 0 Å². The number of aromatic amines is 1. The summed E-state index contributed by atoms with van der Waals surface area (Å²) in [6.45, 7) is 8.96. The van der Waals surface area contributed by atoms with E-state index in [1.807, 2.05) is 52.2 Å². The van der Waals surface area contributed by atoms with Gasteiger partial charge in [-0.3, -0.25) is 14.5 Å². The van der Waals surface area contributed by atoms with Crippen LogP contribution < -0.4 is 10.9 Å². The maximum absolute atomic E-state index is 13.0. The summed E-state index contributed by atoms with van der Waals surface area (Å²) in [6.07, 6.45) is 1.87. The lowest BCUT2D eigenvalue weighted by Gasteiger charge is -2.14. The topological polar surface area (TPSA) is 91.0 Å². The highest BCUT2D eigenvalue weighted by molar-refractivity contribution is 7.20. The van der Waals surface area contributed by atoms with Gasteiger partial charge < -0.3 is 10.3 Å². The Morgan fingerprint density at radius 3 is 2.62 bits per heavy atom. The predicted octanol–water partition coefficient (Wildman–Crippen LogP) is 4.56. The second-order valence-electron chi connectivity index (χ2n) is 8.04. The fourth-order valence-corrected chi connectivity index (χ4v) is 5.64. The van der Waals surface area contributed by atoms with Crippen molar-refractivity contribution in [2.45, 2.75) is 40.8 Å². The van der Waals surface area contributed by atoms with Gasteiger partial charge in [-0.15, -0.1) is 22.7 Å². The summed E-state index contributed by atoms with van der Waals surface area (Å²) in [4.78, 5) is 41.9. The quantitative estimate of drug-likeness (QED) is 0.434. The van der Waals surface area contributed by atoms with Crippen LogP contribution in [-0.2, 0) is 13.1 Å². The van der Waals surface area contributed by atoms with E-state index in [0.717, 1.165) is 33.2 Å². The molecular formula is C23H25N5O2S2. The fraction of sp³-hybridized carbons (Fsp3) is 0.304. The SMILES string of the molecule is Cc1ccc(NC(=O)c2sc3nc(CN(C)Cc4cnc(C)s4)[nH]c(=O)c3c2C)c(C)c1. The lowest BCUT2D eigenvalue weighted by atomic mass is 10.1. The van der Waals surface area contributed by atoms with Crippen LogP contribution >= 0.6 is 22.7 Å². The van der Waals surface area contributed by atoms with Crippen LogP contribution in [0.2, 0.25) is 0 Å². The molecule has 166 valence electrons. The minimum absolute atomic E-state index is 0.216. The smallest absolute Gasteiger partial charge is 0.266 e. The van der Waals surface area contributed by atoms with Gasteiger partial charge in [-0.05, 0) is 51.9 Å². The Morgan fingerprint density at radius 1 is 1.16 bits per heavy atom. The van der Waals surface area contributed by atoms with E-state index in [1.54, 1.807) is 18.3 Å². The van der Waals surface area contributed by atoms with Gasteiger partial charge in [0.05, 0.1) is 21.8 Å². The van der Waals surface area contributed by atoms with Gasteiger partial charge in [0.2, 0.25) is 0 Å². The molecule has 0 unspecified atom stereocenters. The molecule has 0 spiro atoms. The minimum atomic E-state index is -0.226. The van der Waals surface area contributed by atoms with Gasteiger partial charge in [0.25, 0.3) is 11.5 Å². The number of carbonyl (C=O) groups is 1. The van der Waals surface area contributed by atoms with Crippen molar-refractivity contribution in [3.05, 3.63) is 72.0 Å². The number of hydrogen-bond acceptors (Lipinski definition) is 7. The third kappa shape index (κ3) is 4.64. The van der Waals surface area contributed by atoms with E-state index >= 15 is 0 Å². The lowest BCUT2D eigenvalue weighted by Crippen LogP contribution is -2.21. The molecule has 0 bridgehead atoms. The van der Waals surface area contributed by atoms with Crippen LogP contribution in [0.15, 0.2) is 29.2 Å². The molecule has 1 aromatic carbocycles. The molecule has 0 saturated carbocycles. The summed E-state index contributed by atoms with van der Waals surface area (Å²) in [7, 11) is 1.97. The average molecular weight is 468 g/mol. The molecule has 2 N–H and O–H groups in total. The molecule has 4 rings (SSSR count). The zero-order valence-corrected chi connectivity index (χ0v) is 20.3. The standard InChI is InChI=1S/C23H25N5O2S2/c1-12-6-7-17(13(2)8-12)25-22(30)20-14(3)19-21(29)26-18(27-23(19)32-20)11-28(5)10-16-9-24-15(4)31-16/h6-9H,10-11H2,1-5H3,(H,25,30)(H,26,27,29). The predicted molar refractivity (Wildman–Crippen MR) is 131 cm³/mol. The number of fused-ring (bicyclic) bond motifs is 1. The number of amides is 1. The monoisotopic (exact) mass is 467 g/mol. The summed E-state index contributed by atoms with van der Waals surface area (Å²) in [5, 5.41) is 4.48. The molecule has 3 heterocycles. The molecule has 0 atom stereocenters. The first kappa shape index (κ1) is 22.3. The molecular weight excluding hydrogens is 442 g/mol. The van der Waals surface area contributed by atoms with E-state index in [9.17, 15) is 9.59 Å². The first-order chi connectivity index (χ1) is 15.2. The van der Waals surface area contributed by atoms with Crippen molar-refractivity contribution in [1.29, 1.82) is 0 Å². The number of thiophene rings is 1. The second-order valence-corrected chi connectivity index (χ2v) is 10.4. The van der Waals surface area contributed by atoms with Gasteiger partial charge in [-0.2, -0.15) is 0 Å². The number of aromatic nitrogens is 3. The molecule has 3 aromatic heterocycles. The number of nitrogens with zero attached hydrogens (tertiary/aromatic N) is 3. The largest absolute Gasteiger partial charge is 0.321 e. The van der Waals surface area contributed by atoms with Crippen LogP contribution in [-0.4, -0.2) is 32.8 Å². The molecule has 9 heteroatoms. The van der Waals surface area contributed by atoms with Crippen molar-refractivity contribution < 1.29 is 4.79 Å². The van der Waals surface area contributed by atoms with Gasteiger partial charge in [0.15, 0.2) is 0 Å². The fourth-order valence-electron chi connectivity index (χ4n) is 3.67. The van der Waals surface area contributed by atoms with E-state index in [-0.39, 0.29) is 11.5 Å². The van der Waals surface area contributed by atoms with Gasteiger partial charge >= 0.3 is 0 Å². The first-order valence-corrected chi connectivity index (χ1v) is 11.9. The maximum Gasteiger partial charge on any atom is 0.266 e. The molecule has 4 aromatic rings. The highest BCUT2D eigenvalue weighted by atomic mass is 32.1. The third-order valence-corrected chi connectivity index (χ3v) is 7.28. The molecule has 0 aliphatic rings. The van der Waals surface area contributed by atoms with E-state index in [0.29, 0.717) is 33.0 Å². The number of carbonyl (C=O) groups excluding carboxylic acids is 1. The Hall–Kier alpha value is -2.88. The Balaban J connectivity index is 1.58. The number of thiazole rings is 1. The molecule has 1 amide bonds. The molecule has 0 radical (unpaired) electrons. The van der Waals surface area contributed by atoms with Gasteiger partial charge in [-0.25, -0.2) is 9.97 Å². The van der Waals surface area contributed by atoms with E-state index in [4.69, 9.17) is 0 Å². The van der Waals surface area contributed by atoms with Crippen LogP contribution in [0.25, 0.3) is 10.2 Å². The van der Waals surface area contributed by atoms with Crippen molar-refractivity contribution in [3.63, 3.8) is 0 Å². The highest BCUT2D eigenvalue weighted by Crippen LogP contribution is 2.28. The Morgan fingerprint density at radius 2 is 1.94 bits per heavy atom. The van der Waals surface area contributed by atoms with Crippen molar-refractivity contribution >= 4 is 44.5 Å². The summed E-state index contributed by atoms with van der Waals surface area (Å²) in [5.41, 5.74) is 3.33. The second kappa shape index (κ2) is 8.93. The number of nitrogens with one attached hydrogen (secondary N) is 2. The third-order valence-electron chi connectivity index (χ3n) is 5.20. The zero-order valence-electron chi connectivity index (χ0n) is 18.7. The lowest BCUT2D eigenvalue weighted by molar-refractivity contribution is 0.103. The normalized spacial score (nSPS) is 11.4. The van der Waals surface area contributed by atoms with Crippen LogP contribution in [0.3, 0.4) is 0 Å². The summed E-state index contributed by atoms with van der Waals surface area (Å²) in [6, 6.07) is 5.88. The summed E-state index contributed by atoms with van der Waals surface area (Å²) in [5.74, 6) is 0.352. The van der Waals surface area contributed by atoms with E-state index in [1.165, 1.54) is 11.3 Å². The Kier molecular flexibility index (Phi) is 6.23. The number of rotatable bonds is 6. The van der Waals surface area contributed by atoms with Crippen LogP contribution in [0.5, 0.6) is 0 Å². The first-order valence-electron chi connectivity index (χ1n) is 10.2. The number of benzene rings is 1. The van der Waals surface area contributed by atoms with Crippen LogP contribution in [0, 0.1) is 27.7 Å². The van der Waals surface area contributed by atoms with E-state index in [2.05, 4.69) is 25.2 Å². The van der Waals surface area contributed by atoms with Crippen LogP contribution in [0.4, 0.5) is 5.69 Å². The maximum atomic E-state index is 13.0. The molecule has 0 aliphatic heterocycles. The summed E-state index contributed by atoms with van der Waals surface area (Å²) >= 11 is 2.91. The Labute approximate surface area is 194 Å². The van der Waals surface area contributed by atoms with Crippen LogP contribution in [0.1, 0.15) is 42.1 Å². The molecule has 0 fully saturated rings. The number of aryl methyl sites for hydroxylation is 4. The molecule has 0 saturated heterocycles. The van der Waals surface area contributed by atoms with Gasteiger partial charge in [0.1, 0.15) is 10.7 Å². The number of hydrogen-bond donors (Lipinski definition) is 2. The minimum Gasteiger partial charge on any atom is -0.321 e. The molecule has 7 nitrogen and oxygen atoms in total. The van der Waals surface area contributed by atoms with Gasteiger partial charge in [0, 0.05) is 23.3 Å². The number of anilines is 1.